The molecule has 28 heavy (non-hydrogen) atoms. The lowest BCUT2D eigenvalue weighted by atomic mass is 10.1. The Hall–Kier alpha value is -2.85. The number of carbonyl (C=O) groups is 1. The number of methoxy groups -OCH3 is 1. The molecule has 0 amide bonds. The van der Waals surface area contributed by atoms with Crippen LogP contribution in [0.4, 0.5) is 0 Å². The van der Waals surface area contributed by atoms with Crippen LogP contribution in [0.25, 0.3) is 0 Å². The number of hydrogen-bond acceptors (Lipinski definition) is 3. The third-order valence-electron chi connectivity index (χ3n) is 5.34. The summed E-state index contributed by atoms with van der Waals surface area (Å²) in [5, 5.41) is 0. The van der Waals surface area contributed by atoms with E-state index in [0.717, 1.165) is 25.2 Å². The molecule has 0 unspecified atom stereocenters. The predicted octanol–water partition coefficient (Wildman–Crippen LogP) is 4.49. The van der Waals surface area contributed by atoms with Gasteiger partial charge in [-0.25, -0.2) is 4.79 Å². The van der Waals surface area contributed by atoms with Gasteiger partial charge in [-0.15, -0.1) is 0 Å². The molecule has 0 N–H and O–H groups in total. The molecule has 0 radical (unpaired) electrons. The number of ether oxygens (including phenoxy) is 1. The zero-order valence-electron chi connectivity index (χ0n) is 16.3. The highest BCUT2D eigenvalue weighted by molar-refractivity contribution is 5.90. The summed E-state index contributed by atoms with van der Waals surface area (Å²) in [6.07, 6.45) is 4.59. The highest BCUT2D eigenvalue weighted by Crippen LogP contribution is 2.30. The van der Waals surface area contributed by atoms with Gasteiger partial charge in [-0.3, -0.25) is 4.90 Å². The van der Waals surface area contributed by atoms with Crippen LogP contribution < -0.4 is 0 Å². The first kappa shape index (κ1) is 18.5. The highest BCUT2D eigenvalue weighted by Gasteiger charge is 2.30. The molecule has 2 aromatic carbocycles. The van der Waals surface area contributed by atoms with Gasteiger partial charge in [-0.1, -0.05) is 48.5 Å². The van der Waals surface area contributed by atoms with Crippen LogP contribution >= 0.6 is 0 Å². The quantitative estimate of drug-likeness (QED) is 0.545. The van der Waals surface area contributed by atoms with E-state index in [1.165, 1.54) is 31.2 Å². The molecule has 1 aromatic heterocycles. The molecule has 0 saturated heterocycles. The average molecular weight is 374 g/mol. The summed E-state index contributed by atoms with van der Waals surface area (Å²) in [4.78, 5) is 14.6. The summed E-state index contributed by atoms with van der Waals surface area (Å²) in [7, 11) is 1.44. The first-order valence-electron chi connectivity index (χ1n) is 9.83. The largest absolute Gasteiger partial charge is 0.465 e. The van der Waals surface area contributed by atoms with Crippen LogP contribution in [0.5, 0.6) is 0 Å². The summed E-state index contributed by atoms with van der Waals surface area (Å²) in [5.41, 5.74) is 4.29. The van der Waals surface area contributed by atoms with Crippen molar-refractivity contribution in [2.75, 3.05) is 7.11 Å². The van der Waals surface area contributed by atoms with E-state index in [1.807, 2.05) is 30.3 Å². The van der Waals surface area contributed by atoms with Gasteiger partial charge < -0.3 is 9.30 Å². The van der Waals surface area contributed by atoms with Crippen molar-refractivity contribution < 1.29 is 9.53 Å². The molecule has 1 aliphatic carbocycles. The van der Waals surface area contributed by atoms with Gasteiger partial charge in [0, 0.05) is 37.6 Å². The molecule has 0 spiro atoms. The zero-order chi connectivity index (χ0) is 19.3. The van der Waals surface area contributed by atoms with E-state index in [2.05, 4.69) is 52.1 Å². The van der Waals surface area contributed by atoms with E-state index >= 15 is 0 Å². The van der Waals surface area contributed by atoms with Gasteiger partial charge in [0.15, 0.2) is 0 Å². The van der Waals surface area contributed by atoms with Crippen molar-refractivity contribution in [2.45, 2.75) is 38.5 Å². The van der Waals surface area contributed by atoms with Crippen molar-refractivity contribution in [1.82, 2.24) is 9.47 Å². The number of rotatable bonds is 8. The lowest BCUT2D eigenvalue weighted by Crippen LogP contribution is -2.27. The molecule has 3 aromatic rings. The van der Waals surface area contributed by atoms with Gasteiger partial charge in [-0.2, -0.15) is 0 Å². The lowest BCUT2D eigenvalue weighted by molar-refractivity contribution is 0.0598. The SMILES string of the molecule is COC(=O)c1ccccc1CN(Cc1cccn1Cc1ccccc1)C1CC1. The standard InChI is InChI=1S/C24H26N2O2/c1-28-24(27)23-12-6-5-10-20(23)17-26(21-13-14-21)18-22-11-7-15-25(22)16-19-8-3-2-4-9-19/h2-12,15,21H,13-14,16-18H2,1H3. The number of nitrogens with zero attached hydrogens (tertiary/aromatic N) is 2. The number of carbonyl (C=O) groups excluding carboxylic acids is 1. The van der Waals surface area contributed by atoms with Crippen molar-refractivity contribution in [3.63, 3.8) is 0 Å². The predicted molar refractivity (Wildman–Crippen MR) is 110 cm³/mol. The van der Waals surface area contributed by atoms with Crippen molar-refractivity contribution in [1.29, 1.82) is 0 Å². The molecule has 4 rings (SSSR count). The molecule has 1 aliphatic rings. The number of esters is 1. The van der Waals surface area contributed by atoms with Crippen LogP contribution in [0.1, 0.15) is 40.0 Å². The van der Waals surface area contributed by atoms with Gasteiger partial charge >= 0.3 is 5.97 Å². The molecular formula is C24H26N2O2. The minimum absolute atomic E-state index is 0.265. The summed E-state index contributed by atoms with van der Waals surface area (Å²) in [5.74, 6) is -0.265. The van der Waals surface area contributed by atoms with E-state index in [4.69, 9.17) is 4.74 Å². The van der Waals surface area contributed by atoms with Crippen molar-refractivity contribution in [2.24, 2.45) is 0 Å². The molecule has 4 nitrogen and oxygen atoms in total. The molecule has 1 fully saturated rings. The van der Waals surface area contributed by atoms with Crippen LogP contribution in [0, 0.1) is 0 Å². The highest BCUT2D eigenvalue weighted by atomic mass is 16.5. The van der Waals surface area contributed by atoms with E-state index in [1.54, 1.807) is 0 Å². The summed E-state index contributed by atoms with van der Waals surface area (Å²) in [6.45, 7) is 2.51. The Balaban J connectivity index is 1.52. The normalized spacial score (nSPS) is 13.6. The molecule has 144 valence electrons. The molecule has 0 atom stereocenters. The fourth-order valence-corrected chi connectivity index (χ4v) is 3.68. The average Bonchev–Trinajstić information content (AvgIpc) is 3.50. The van der Waals surface area contributed by atoms with E-state index in [9.17, 15) is 4.79 Å². The molecule has 4 heteroatoms. The van der Waals surface area contributed by atoms with Gasteiger partial charge in [0.25, 0.3) is 0 Å². The molecule has 0 bridgehead atoms. The minimum atomic E-state index is -0.265. The summed E-state index contributed by atoms with van der Waals surface area (Å²) in [6, 6.07) is 23.2. The maximum absolute atomic E-state index is 12.1. The van der Waals surface area contributed by atoms with Crippen molar-refractivity contribution in [3.05, 3.63) is 95.3 Å². The van der Waals surface area contributed by atoms with Crippen molar-refractivity contribution >= 4 is 5.97 Å². The molecular weight excluding hydrogens is 348 g/mol. The van der Waals surface area contributed by atoms with Crippen LogP contribution in [0.3, 0.4) is 0 Å². The van der Waals surface area contributed by atoms with Gasteiger partial charge in [0.05, 0.1) is 12.7 Å². The topological polar surface area (TPSA) is 34.5 Å². The third kappa shape index (κ3) is 4.34. The second-order valence-electron chi connectivity index (χ2n) is 7.40. The minimum Gasteiger partial charge on any atom is -0.465 e. The Morgan fingerprint density at radius 1 is 1.00 bits per heavy atom. The number of aromatic nitrogens is 1. The smallest absolute Gasteiger partial charge is 0.338 e. The van der Waals surface area contributed by atoms with Gasteiger partial charge in [-0.05, 0) is 42.2 Å². The Bertz CT molecular complexity index is 929. The third-order valence-corrected chi connectivity index (χ3v) is 5.34. The zero-order valence-corrected chi connectivity index (χ0v) is 16.3. The van der Waals surface area contributed by atoms with E-state index in [-0.39, 0.29) is 5.97 Å². The Kier molecular flexibility index (Phi) is 5.58. The Morgan fingerprint density at radius 3 is 2.50 bits per heavy atom. The fraction of sp³-hybridized carbons (Fsp3) is 0.292. The van der Waals surface area contributed by atoms with Crippen LogP contribution in [0.15, 0.2) is 72.9 Å². The Morgan fingerprint density at radius 2 is 1.75 bits per heavy atom. The first-order chi connectivity index (χ1) is 13.7. The van der Waals surface area contributed by atoms with E-state index in [0.29, 0.717) is 11.6 Å². The second-order valence-corrected chi connectivity index (χ2v) is 7.40. The Labute approximate surface area is 166 Å². The number of hydrogen-bond donors (Lipinski definition) is 0. The van der Waals surface area contributed by atoms with E-state index < -0.39 is 0 Å². The molecule has 1 heterocycles. The van der Waals surface area contributed by atoms with Crippen LogP contribution in [-0.2, 0) is 24.4 Å². The first-order valence-corrected chi connectivity index (χ1v) is 9.83. The van der Waals surface area contributed by atoms with Crippen LogP contribution in [0.2, 0.25) is 0 Å². The second kappa shape index (κ2) is 8.44. The summed E-state index contributed by atoms with van der Waals surface area (Å²) >= 11 is 0. The molecule has 0 aliphatic heterocycles. The fourth-order valence-electron chi connectivity index (χ4n) is 3.68. The van der Waals surface area contributed by atoms with Crippen LogP contribution in [-0.4, -0.2) is 28.6 Å². The maximum Gasteiger partial charge on any atom is 0.338 e. The molecule has 1 saturated carbocycles. The lowest BCUT2D eigenvalue weighted by Gasteiger charge is -2.24. The summed E-state index contributed by atoms with van der Waals surface area (Å²) < 4.78 is 7.28. The van der Waals surface area contributed by atoms with Gasteiger partial charge in [0.1, 0.15) is 0 Å². The maximum atomic E-state index is 12.1. The monoisotopic (exact) mass is 374 g/mol. The van der Waals surface area contributed by atoms with Gasteiger partial charge in [0.2, 0.25) is 0 Å². The number of benzene rings is 2. The van der Waals surface area contributed by atoms with Crippen molar-refractivity contribution in [3.8, 4) is 0 Å².